The van der Waals surface area contributed by atoms with Gasteiger partial charge in [-0.1, -0.05) is 22.0 Å². The molecule has 0 aliphatic rings. The zero-order valence-corrected chi connectivity index (χ0v) is 12.7. The molecule has 2 aromatic heterocycles. The van der Waals surface area contributed by atoms with E-state index in [1.165, 1.54) is 0 Å². The molecule has 3 rings (SSSR count). The number of hydrogen-bond acceptors (Lipinski definition) is 3. The largest absolute Gasteiger partial charge is 0.350 e. The van der Waals surface area contributed by atoms with E-state index in [4.69, 9.17) is 0 Å². The summed E-state index contributed by atoms with van der Waals surface area (Å²) in [5.74, 6) is -0.178. The normalized spacial score (nSPS) is 10.7. The number of carbonyl (C=O) groups excluding carboxylic acids is 1. The molecule has 0 fully saturated rings. The molecule has 5 nitrogen and oxygen atoms in total. The van der Waals surface area contributed by atoms with Crippen LogP contribution in [0.2, 0.25) is 0 Å². The van der Waals surface area contributed by atoms with E-state index in [-0.39, 0.29) is 5.91 Å². The molecule has 1 aromatic carbocycles. The molecule has 6 heteroatoms. The molecule has 0 atom stereocenters. The molecule has 0 radical (unpaired) electrons. The molecule has 0 spiro atoms. The smallest absolute Gasteiger partial charge is 0.272 e. The van der Waals surface area contributed by atoms with Crippen LogP contribution in [-0.4, -0.2) is 27.6 Å². The van der Waals surface area contributed by atoms with Crippen molar-refractivity contribution >= 4 is 32.7 Å². The first kappa shape index (κ1) is 13.8. The second-order valence-electron chi connectivity index (χ2n) is 4.63. The van der Waals surface area contributed by atoms with Crippen LogP contribution < -0.4 is 5.32 Å². The Balaban J connectivity index is 1.68. The molecule has 1 amide bonds. The van der Waals surface area contributed by atoms with Crippen LogP contribution in [-0.2, 0) is 6.42 Å². The molecule has 0 aliphatic heterocycles. The first-order chi connectivity index (χ1) is 10.2. The van der Waals surface area contributed by atoms with Crippen LogP contribution in [0, 0.1) is 0 Å². The number of benzene rings is 1. The second kappa shape index (κ2) is 6.05. The highest BCUT2D eigenvalue weighted by atomic mass is 79.9. The topological polar surface area (TPSA) is 70.7 Å². The summed E-state index contributed by atoms with van der Waals surface area (Å²) in [7, 11) is 0. The maximum Gasteiger partial charge on any atom is 0.272 e. The Morgan fingerprint density at radius 2 is 2.24 bits per heavy atom. The Kier molecular flexibility index (Phi) is 3.96. The monoisotopic (exact) mass is 344 g/mol. The highest BCUT2D eigenvalue weighted by Crippen LogP contribution is 2.20. The van der Waals surface area contributed by atoms with Crippen molar-refractivity contribution in [3.63, 3.8) is 0 Å². The maximum absolute atomic E-state index is 12.2. The van der Waals surface area contributed by atoms with Gasteiger partial charge in [-0.3, -0.25) is 14.9 Å². The van der Waals surface area contributed by atoms with Gasteiger partial charge in [0.15, 0.2) is 5.69 Å². The van der Waals surface area contributed by atoms with Gasteiger partial charge >= 0.3 is 0 Å². The molecule has 0 aliphatic carbocycles. The second-order valence-corrected chi connectivity index (χ2v) is 5.54. The van der Waals surface area contributed by atoms with E-state index >= 15 is 0 Å². The van der Waals surface area contributed by atoms with Gasteiger partial charge in [-0.05, 0) is 36.2 Å². The van der Waals surface area contributed by atoms with E-state index in [0.29, 0.717) is 12.2 Å². The van der Waals surface area contributed by atoms with E-state index in [0.717, 1.165) is 27.4 Å². The molecule has 2 N–H and O–H groups in total. The summed E-state index contributed by atoms with van der Waals surface area (Å²) in [6.45, 7) is 0.548. The van der Waals surface area contributed by atoms with Crippen LogP contribution in [0.15, 0.2) is 47.2 Å². The van der Waals surface area contributed by atoms with E-state index < -0.39 is 0 Å². The van der Waals surface area contributed by atoms with Crippen LogP contribution in [0.4, 0.5) is 0 Å². The van der Waals surface area contributed by atoms with Crippen molar-refractivity contribution in [2.24, 2.45) is 0 Å². The molecule has 0 bridgehead atoms. The van der Waals surface area contributed by atoms with Gasteiger partial charge in [0.2, 0.25) is 0 Å². The van der Waals surface area contributed by atoms with Crippen molar-refractivity contribution in [1.29, 1.82) is 0 Å². The summed E-state index contributed by atoms with van der Waals surface area (Å²) in [6.07, 6.45) is 4.27. The fourth-order valence-electron chi connectivity index (χ4n) is 2.11. The summed E-state index contributed by atoms with van der Waals surface area (Å²) in [5, 5.41) is 10.6. The van der Waals surface area contributed by atoms with Crippen LogP contribution in [0.25, 0.3) is 10.9 Å². The van der Waals surface area contributed by atoms with Gasteiger partial charge in [0.25, 0.3) is 5.91 Å². The molecule has 0 saturated carbocycles. The summed E-state index contributed by atoms with van der Waals surface area (Å²) in [6, 6.07) is 9.55. The Bertz CT molecular complexity index is 770. The number of hydrogen-bond donors (Lipinski definition) is 2. The third-order valence-corrected chi connectivity index (χ3v) is 3.66. The zero-order valence-electron chi connectivity index (χ0n) is 11.1. The predicted octanol–water partition coefficient (Wildman–Crippen LogP) is 2.69. The van der Waals surface area contributed by atoms with Crippen LogP contribution in [0.1, 0.15) is 16.1 Å². The lowest BCUT2D eigenvalue weighted by molar-refractivity contribution is 0.0950. The molecule has 0 unspecified atom stereocenters. The first-order valence-corrected chi connectivity index (χ1v) is 7.34. The summed E-state index contributed by atoms with van der Waals surface area (Å²) >= 11 is 3.40. The third-order valence-electron chi connectivity index (χ3n) is 3.16. The molecular weight excluding hydrogens is 332 g/mol. The SMILES string of the molecule is O=C(NCCc1cccnc1)c1n[nH]c2ccc(Br)cc12. The van der Waals surface area contributed by atoms with Gasteiger partial charge in [-0.15, -0.1) is 0 Å². The van der Waals surface area contributed by atoms with Gasteiger partial charge in [-0.25, -0.2) is 0 Å². The van der Waals surface area contributed by atoms with E-state index in [2.05, 4.69) is 36.4 Å². The molecule has 3 aromatic rings. The van der Waals surface area contributed by atoms with Gasteiger partial charge in [0, 0.05) is 28.8 Å². The van der Waals surface area contributed by atoms with Crippen LogP contribution in [0.3, 0.4) is 0 Å². The minimum Gasteiger partial charge on any atom is -0.350 e. The number of fused-ring (bicyclic) bond motifs is 1. The number of aromatic nitrogens is 3. The number of H-pyrrole nitrogens is 1. The summed E-state index contributed by atoms with van der Waals surface area (Å²) < 4.78 is 0.917. The maximum atomic E-state index is 12.2. The van der Waals surface area contributed by atoms with Crippen molar-refractivity contribution in [2.45, 2.75) is 6.42 Å². The summed E-state index contributed by atoms with van der Waals surface area (Å²) in [5.41, 5.74) is 2.35. The van der Waals surface area contributed by atoms with Gasteiger partial charge in [0.1, 0.15) is 0 Å². The fraction of sp³-hybridized carbons (Fsp3) is 0.133. The minimum atomic E-state index is -0.178. The number of carbonyl (C=O) groups is 1. The number of rotatable bonds is 4. The lowest BCUT2D eigenvalue weighted by Gasteiger charge is -2.03. The average molecular weight is 345 g/mol. The van der Waals surface area contributed by atoms with E-state index in [1.807, 2.05) is 30.3 Å². The minimum absolute atomic E-state index is 0.178. The number of aromatic amines is 1. The number of halogens is 1. The standard InChI is InChI=1S/C15H13BrN4O/c16-11-3-4-13-12(8-11)14(20-19-13)15(21)18-7-5-10-2-1-6-17-9-10/h1-4,6,8-9H,5,7H2,(H,18,21)(H,19,20). The van der Waals surface area contributed by atoms with E-state index in [9.17, 15) is 4.79 Å². The van der Waals surface area contributed by atoms with Gasteiger partial charge < -0.3 is 5.32 Å². The lowest BCUT2D eigenvalue weighted by Crippen LogP contribution is -2.26. The molecule has 0 saturated heterocycles. The number of nitrogens with one attached hydrogen (secondary N) is 2. The van der Waals surface area contributed by atoms with Crippen molar-refractivity contribution in [3.8, 4) is 0 Å². The molecule has 2 heterocycles. The Labute approximate surface area is 129 Å². The van der Waals surface area contributed by atoms with Crippen molar-refractivity contribution in [3.05, 3.63) is 58.5 Å². The first-order valence-electron chi connectivity index (χ1n) is 6.55. The molecular formula is C15H13BrN4O. The van der Waals surface area contributed by atoms with Crippen molar-refractivity contribution in [2.75, 3.05) is 6.54 Å². The van der Waals surface area contributed by atoms with Crippen LogP contribution >= 0.6 is 15.9 Å². The van der Waals surface area contributed by atoms with Gasteiger partial charge in [0.05, 0.1) is 5.52 Å². The number of pyridine rings is 1. The van der Waals surface area contributed by atoms with Crippen molar-refractivity contribution < 1.29 is 4.79 Å². The quantitative estimate of drug-likeness (QED) is 0.764. The van der Waals surface area contributed by atoms with Gasteiger partial charge in [-0.2, -0.15) is 5.10 Å². The predicted molar refractivity (Wildman–Crippen MR) is 84.1 cm³/mol. The number of amides is 1. The molecule has 106 valence electrons. The summed E-state index contributed by atoms with van der Waals surface area (Å²) in [4.78, 5) is 16.2. The Morgan fingerprint density at radius 1 is 1.33 bits per heavy atom. The fourth-order valence-corrected chi connectivity index (χ4v) is 2.47. The van der Waals surface area contributed by atoms with E-state index in [1.54, 1.807) is 12.4 Å². The number of nitrogens with zero attached hydrogens (tertiary/aromatic N) is 2. The average Bonchev–Trinajstić information content (AvgIpc) is 2.91. The lowest BCUT2D eigenvalue weighted by atomic mass is 10.2. The van der Waals surface area contributed by atoms with Crippen LogP contribution in [0.5, 0.6) is 0 Å². The third kappa shape index (κ3) is 3.11. The highest BCUT2D eigenvalue weighted by molar-refractivity contribution is 9.10. The Morgan fingerprint density at radius 3 is 3.05 bits per heavy atom. The highest BCUT2D eigenvalue weighted by Gasteiger charge is 2.13. The molecule has 21 heavy (non-hydrogen) atoms. The Hall–Kier alpha value is -2.21. The van der Waals surface area contributed by atoms with Crippen molar-refractivity contribution in [1.82, 2.24) is 20.5 Å². The zero-order chi connectivity index (χ0) is 14.7.